The molecule has 0 saturated carbocycles. The summed E-state index contributed by atoms with van der Waals surface area (Å²) in [5, 5.41) is 3.04. The Morgan fingerprint density at radius 2 is 1.33 bits per heavy atom. The largest absolute Gasteiger partial charge is 0.287 e. The standard InChI is InChI=1S/C14H10FNO4S4/c15-11-4-1-5-12(10-11)16(23(17,18)13-6-2-8-21-13)24(19,20)14-7-3-9-22-14/h1-10H. The van der Waals surface area contributed by atoms with E-state index in [1.165, 1.54) is 47.2 Å². The van der Waals surface area contributed by atoms with E-state index in [0.29, 0.717) is 0 Å². The fourth-order valence-corrected chi connectivity index (χ4v) is 8.04. The Morgan fingerprint density at radius 1 is 0.792 bits per heavy atom. The highest BCUT2D eigenvalue weighted by atomic mass is 32.3. The molecular weight excluding hydrogens is 393 g/mol. The molecule has 0 unspecified atom stereocenters. The molecule has 0 aliphatic rings. The minimum Gasteiger partial charge on any atom is -0.207 e. The highest BCUT2D eigenvalue weighted by Crippen LogP contribution is 2.33. The van der Waals surface area contributed by atoms with Crippen LogP contribution in [-0.2, 0) is 20.0 Å². The zero-order chi connectivity index (χ0) is 17.4. The summed E-state index contributed by atoms with van der Waals surface area (Å²) in [4.78, 5) is 0. The van der Waals surface area contributed by atoms with Crippen LogP contribution in [0, 0.1) is 5.82 Å². The van der Waals surface area contributed by atoms with Crippen molar-refractivity contribution in [2.24, 2.45) is 0 Å². The topological polar surface area (TPSA) is 71.5 Å². The number of hydrogen-bond donors (Lipinski definition) is 0. The molecule has 1 aromatic carbocycles. The van der Waals surface area contributed by atoms with Crippen molar-refractivity contribution in [1.29, 1.82) is 0 Å². The second kappa shape index (κ2) is 6.28. The molecule has 2 heterocycles. The third-order valence-electron chi connectivity index (χ3n) is 2.95. The van der Waals surface area contributed by atoms with Gasteiger partial charge in [-0.1, -0.05) is 18.2 Å². The SMILES string of the molecule is O=S(=O)(c1cccs1)N(c1cccc(F)c1)S(=O)(=O)c1cccs1. The lowest BCUT2D eigenvalue weighted by Crippen LogP contribution is -2.36. The van der Waals surface area contributed by atoms with E-state index >= 15 is 0 Å². The van der Waals surface area contributed by atoms with Crippen molar-refractivity contribution in [3.05, 3.63) is 65.1 Å². The molecule has 0 aliphatic heterocycles. The third-order valence-corrected chi connectivity index (χ3v) is 9.88. The first-order valence-corrected chi connectivity index (χ1v) is 11.1. The van der Waals surface area contributed by atoms with Crippen LogP contribution >= 0.6 is 22.7 Å². The molecule has 0 aliphatic carbocycles. The molecule has 0 saturated heterocycles. The maximum Gasteiger partial charge on any atom is 0.287 e. The van der Waals surface area contributed by atoms with Crippen molar-refractivity contribution < 1.29 is 21.2 Å². The van der Waals surface area contributed by atoms with Crippen molar-refractivity contribution in [2.45, 2.75) is 8.42 Å². The van der Waals surface area contributed by atoms with Gasteiger partial charge in [-0.25, -0.2) is 4.39 Å². The number of sulfonamides is 2. The molecule has 2 aromatic heterocycles. The molecule has 0 atom stereocenters. The summed E-state index contributed by atoms with van der Waals surface area (Å²) < 4.78 is 65.1. The van der Waals surface area contributed by atoms with Gasteiger partial charge >= 0.3 is 0 Å². The summed E-state index contributed by atoms with van der Waals surface area (Å²) in [6, 6.07) is 10.1. The maximum atomic E-state index is 13.6. The van der Waals surface area contributed by atoms with Crippen LogP contribution in [0.25, 0.3) is 0 Å². The van der Waals surface area contributed by atoms with Gasteiger partial charge in [0.25, 0.3) is 20.0 Å². The lowest BCUT2D eigenvalue weighted by Gasteiger charge is -2.22. The Kier molecular flexibility index (Phi) is 4.47. The van der Waals surface area contributed by atoms with Crippen LogP contribution in [-0.4, -0.2) is 16.8 Å². The van der Waals surface area contributed by atoms with E-state index in [4.69, 9.17) is 0 Å². The Morgan fingerprint density at radius 3 is 1.75 bits per heavy atom. The van der Waals surface area contributed by atoms with E-state index in [2.05, 4.69) is 0 Å². The van der Waals surface area contributed by atoms with Gasteiger partial charge in [-0.05, 0) is 41.1 Å². The van der Waals surface area contributed by atoms with E-state index in [0.717, 1.165) is 34.8 Å². The average Bonchev–Trinajstić information content (AvgIpc) is 3.21. The molecule has 0 bridgehead atoms. The molecule has 10 heteroatoms. The maximum absolute atomic E-state index is 13.6. The molecule has 24 heavy (non-hydrogen) atoms. The lowest BCUT2D eigenvalue weighted by atomic mass is 10.3. The molecule has 0 N–H and O–H groups in total. The van der Waals surface area contributed by atoms with Crippen LogP contribution in [0.1, 0.15) is 0 Å². The monoisotopic (exact) mass is 403 g/mol. The van der Waals surface area contributed by atoms with Crippen molar-refractivity contribution in [2.75, 3.05) is 3.71 Å². The van der Waals surface area contributed by atoms with Crippen LogP contribution in [0.2, 0.25) is 0 Å². The Hall–Kier alpha value is -1.75. The highest BCUT2D eigenvalue weighted by molar-refractivity contribution is 8.11. The van der Waals surface area contributed by atoms with E-state index in [1.807, 2.05) is 0 Å². The van der Waals surface area contributed by atoms with Crippen LogP contribution in [0.15, 0.2) is 67.7 Å². The molecule has 0 spiro atoms. The number of anilines is 1. The van der Waals surface area contributed by atoms with Crippen molar-refractivity contribution in [3.63, 3.8) is 0 Å². The second-order valence-corrected chi connectivity index (χ2v) is 10.7. The summed E-state index contributed by atoms with van der Waals surface area (Å²) in [6.07, 6.45) is 0. The molecule has 5 nitrogen and oxygen atoms in total. The fourth-order valence-electron chi connectivity index (χ4n) is 1.98. The van der Waals surface area contributed by atoms with Crippen molar-refractivity contribution >= 4 is 48.4 Å². The first-order valence-electron chi connectivity index (χ1n) is 6.46. The van der Waals surface area contributed by atoms with Gasteiger partial charge in [0.2, 0.25) is 0 Å². The lowest BCUT2D eigenvalue weighted by molar-refractivity contribution is 0.586. The summed E-state index contributed by atoms with van der Waals surface area (Å²) in [5.74, 6) is -0.736. The normalized spacial score (nSPS) is 12.2. The number of rotatable bonds is 5. The van der Waals surface area contributed by atoms with Crippen LogP contribution in [0.4, 0.5) is 10.1 Å². The molecule has 0 radical (unpaired) electrons. The van der Waals surface area contributed by atoms with E-state index in [1.54, 1.807) is 0 Å². The number of benzene rings is 1. The Bertz CT molecular complexity index is 978. The Labute approximate surface area is 146 Å². The van der Waals surface area contributed by atoms with Crippen molar-refractivity contribution in [3.8, 4) is 0 Å². The van der Waals surface area contributed by atoms with Gasteiger partial charge in [0.15, 0.2) is 0 Å². The molecule has 0 fully saturated rings. The third kappa shape index (κ3) is 2.97. The van der Waals surface area contributed by atoms with Gasteiger partial charge < -0.3 is 0 Å². The summed E-state index contributed by atoms with van der Waals surface area (Å²) in [5.41, 5.74) is -0.281. The minimum absolute atomic E-state index is 0.146. The van der Waals surface area contributed by atoms with E-state index in [-0.39, 0.29) is 17.8 Å². The molecule has 3 rings (SSSR count). The first kappa shape index (κ1) is 17.1. The zero-order valence-electron chi connectivity index (χ0n) is 11.9. The van der Waals surface area contributed by atoms with Crippen LogP contribution in [0.5, 0.6) is 0 Å². The highest BCUT2D eigenvalue weighted by Gasteiger charge is 2.38. The smallest absolute Gasteiger partial charge is 0.207 e. The average molecular weight is 404 g/mol. The van der Waals surface area contributed by atoms with Gasteiger partial charge in [0.1, 0.15) is 14.2 Å². The fraction of sp³-hybridized carbons (Fsp3) is 0. The number of halogens is 1. The number of nitrogens with zero attached hydrogens (tertiary/aromatic N) is 1. The van der Waals surface area contributed by atoms with E-state index < -0.39 is 25.9 Å². The Balaban J connectivity index is 2.27. The van der Waals surface area contributed by atoms with Gasteiger partial charge in [-0.3, -0.25) is 0 Å². The number of hydrogen-bond acceptors (Lipinski definition) is 6. The first-order chi connectivity index (χ1) is 11.3. The van der Waals surface area contributed by atoms with Gasteiger partial charge in [0.05, 0.1) is 5.69 Å². The van der Waals surface area contributed by atoms with Gasteiger partial charge in [-0.15, -0.1) is 22.7 Å². The van der Waals surface area contributed by atoms with Crippen molar-refractivity contribution in [1.82, 2.24) is 0 Å². The quantitative estimate of drug-likeness (QED) is 0.653. The van der Waals surface area contributed by atoms with Gasteiger partial charge in [-0.2, -0.15) is 20.5 Å². The van der Waals surface area contributed by atoms with Crippen LogP contribution < -0.4 is 3.71 Å². The summed E-state index contributed by atoms with van der Waals surface area (Å²) in [6.45, 7) is 0. The molecule has 0 amide bonds. The number of thiophene rings is 2. The summed E-state index contributed by atoms with van der Waals surface area (Å²) in [7, 11) is -8.81. The molecular formula is C14H10FNO4S4. The van der Waals surface area contributed by atoms with E-state index in [9.17, 15) is 21.2 Å². The van der Waals surface area contributed by atoms with Crippen LogP contribution in [0.3, 0.4) is 0 Å². The summed E-state index contributed by atoms with van der Waals surface area (Å²) >= 11 is 1.77. The minimum atomic E-state index is -4.41. The second-order valence-electron chi connectivity index (χ2n) is 4.55. The predicted molar refractivity (Wildman–Crippen MR) is 91.9 cm³/mol. The predicted octanol–water partition coefficient (Wildman–Crippen LogP) is 3.53. The zero-order valence-corrected chi connectivity index (χ0v) is 15.1. The molecule has 3 aromatic rings. The van der Waals surface area contributed by atoms with Gasteiger partial charge in [0, 0.05) is 0 Å². The molecule has 126 valence electrons.